The molecule has 1 unspecified atom stereocenters. The van der Waals surface area contributed by atoms with Gasteiger partial charge in [-0.3, -0.25) is 0 Å². The van der Waals surface area contributed by atoms with Crippen LogP contribution in [0.5, 0.6) is 11.5 Å². The Balaban J connectivity index is 0.000000135. The average molecular weight is 1030 g/mol. The van der Waals surface area contributed by atoms with Gasteiger partial charge in [-0.2, -0.15) is 0 Å². The zero-order chi connectivity index (χ0) is 50.4. The Labute approximate surface area is 441 Å². The summed E-state index contributed by atoms with van der Waals surface area (Å²) in [6.45, 7) is 4.63. The van der Waals surface area contributed by atoms with E-state index in [9.17, 15) is 0 Å². The Kier molecular flexibility index (Phi) is 16.6. The molecule has 5 heteroatoms. The van der Waals surface area contributed by atoms with Crippen LogP contribution < -0.4 is 26.8 Å². The number of ether oxygens (including phenoxy) is 1. The van der Waals surface area contributed by atoms with Crippen molar-refractivity contribution in [3.63, 3.8) is 0 Å². The first-order chi connectivity index (χ1) is 35.7. The first-order valence-electron chi connectivity index (χ1n) is 24.8. The SMILES string of the molecule is Brc1ccccc1.CC1(C)c2cccc(Cc3ccccc3)c2Oc2c(Pc3ccccc3)cccc21.Nc1cc2ccccc2cc1N.c1ccc(Cc2cc3ccccc3cc2Cc2ccccc2)cc1. The fourth-order valence-electron chi connectivity index (χ4n) is 9.30. The monoisotopic (exact) mass is 1030 g/mol. The third-order valence-electron chi connectivity index (χ3n) is 13.2. The maximum atomic E-state index is 6.73. The molecule has 0 amide bonds. The lowest BCUT2D eigenvalue weighted by Crippen LogP contribution is -2.27. The van der Waals surface area contributed by atoms with Gasteiger partial charge < -0.3 is 16.2 Å². The molecule has 12 rings (SSSR count). The molecule has 1 aliphatic rings. The molecule has 0 bridgehead atoms. The third-order valence-corrected chi connectivity index (χ3v) is 15.0. The van der Waals surface area contributed by atoms with E-state index in [1.165, 1.54) is 65.9 Å². The van der Waals surface area contributed by atoms with Gasteiger partial charge in [0.15, 0.2) is 0 Å². The highest BCUT2D eigenvalue weighted by Crippen LogP contribution is 2.49. The van der Waals surface area contributed by atoms with Crippen molar-refractivity contribution in [2.24, 2.45) is 0 Å². The van der Waals surface area contributed by atoms with Crippen LogP contribution in [0, 0.1) is 0 Å². The highest BCUT2D eigenvalue weighted by molar-refractivity contribution is 9.10. The lowest BCUT2D eigenvalue weighted by Gasteiger charge is -2.36. The molecule has 0 saturated carbocycles. The fraction of sp³-hybridized carbons (Fsp3) is 0.0882. The zero-order valence-corrected chi connectivity index (χ0v) is 44.0. The van der Waals surface area contributed by atoms with Crippen molar-refractivity contribution < 1.29 is 4.74 Å². The Bertz CT molecular complexity index is 3320. The van der Waals surface area contributed by atoms with E-state index in [4.69, 9.17) is 16.2 Å². The maximum Gasteiger partial charge on any atom is 0.139 e. The number of nitrogen functional groups attached to an aromatic ring is 2. The minimum atomic E-state index is -0.104. The summed E-state index contributed by atoms with van der Waals surface area (Å²) >= 11 is 3.31. The van der Waals surface area contributed by atoms with Crippen LogP contribution in [0.15, 0.2) is 265 Å². The summed E-state index contributed by atoms with van der Waals surface area (Å²) in [5.74, 6) is 2.07. The van der Waals surface area contributed by atoms with E-state index in [2.05, 4.69) is 224 Å². The van der Waals surface area contributed by atoms with Crippen molar-refractivity contribution in [2.45, 2.75) is 38.5 Å². The largest absolute Gasteiger partial charge is 0.456 e. The molecular weight excluding hydrogens is 972 g/mol. The highest BCUT2D eigenvalue weighted by atomic mass is 79.9. The number of fused-ring (bicyclic) bond motifs is 4. The minimum absolute atomic E-state index is 0.104. The van der Waals surface area contributed by atoms with E-state index in [0.29, 0.717) is 20.0 Å². The second-order valence-electron chi connectivity index (χ2n) is 18.8. The van der Waals surface area contributed by atoms with Crippen molar-refractivity contribution >= 4 is 68.0 Å². The van der Waals surface area contributed by atoms with Gasteiger partial charge in [0.25, 0.3) is 0 Å². The van der Waals surface area contributed by atoms with Crippen molar-refractivity contribution in [2.75, 3.05) is 11.5 Å². The molecule has 1 atom stereocenters. The topological polar surface area (TPSA) is 61.3 Å². The van der Waals surface area contributed by atoms with Gasteiger partial charge in [-0.25, -0.2) is 0 Å². The minimum Gasteiger partial charge on any atom is -0.456 e. The maximum absolute atomic E-state index is 6.73. The van der Waals surface area contributed by atoms with Crippen LogP contribution in [0.2, 0.25) is 0 Å². The van der Waals surface area contributed by atoms with Crippen LogP contribution in [0.25, 0.3) is 21.5 Å². The van der Waals surface area contributed by atoms with Crippen molar-refractivity contribution in [3.8, 4) is 11.5 Å². The number of para-hydroxylation sites is 2. The second-order valence-corrected chi connectivity index (χ2v) is 21.1. The highest BCUT2D eigenvalue weighted by Gasteiger charge is 2.36. The number of hydrogen-bond donors (Lipinski definition) is 2. The summed E-state index contributed by atoms with van der Waals surface area (Å²) in [5, 5.41) is 7.50. The number of halogens is 1. The number of hydrogen-bond acceptors (Lipinski definition) is 3. The number of rotatable bonds is 8. The van der Waals surface area contributed by atoms with Crippen molar-refractivity contribution in [3.05, 3.63) is 310 Å². The quantitative estimate of drug-likeness (QED) is 0.118. The van der Waals surface area contributed by atoms with Crippen LogP contribution in [0.4, 0.5) is 11.4 Å². The van der Waals surface area contributed by atoms with E-state index in [1.807, 2.05) is 66.7 Å². The first-order valence-corrected chi connectivity index (χ1v) is 26.6. The molecular formula is C68H60BrN2OP. The molecule has 4 N–H and O–H groups in total. The molecule has 360 valence electrons. The smallest absolute Gasteiger partial charge is 0.139 e. The van der Waals surface area contributed by atoms with E-state index >= 15 is 0 Å². The lowest BCUT2D eigenvalue weighted by molar-refractivity contribution is 0.417. The normalized spacial score (nSPS) is 11.9. The molecule has 0 fully saturated rings. The van der Waals surface area contributed by atoms with Crippen LogP contribution in [0.3, 0.4) is 0 Å². The molecule has 3 nitrogen and oxygen atoms in total. The average Bonchev–Trinajstić information content (AvgIpc) is 3.42. The van der Waals surface area contributed by atoms with Crippen molar-refractivity contribution in [1.82, 2.24) is 0 Å². The summed E-state index contributed by atoms with van der Waals surface area (Å²) in [4.78, 5) is 0. The standard InChI is InChI=1S/C28H25OP.C24H20.C10H10N2.C6H5Br/c1-28(2)23-16-9-13-21(19-20-11-5-3-6-12-20)26(23)29-27-24(28)17-10-18-25(27)30-22-14-7-4-8-15-22;1-3-9-19(10-4-1)15-23-17-21-13-7-8-14-22(21)18-24(23)16-20-11-5-2-6-12-20;11-9-5-7-3-1-2-4-8(7)6-10(9)12;7-6-4-2-1-3-5-6/h3-18,30H,19H2,1-2H3;1-14,17-18H,15-16H2;1-6H,11-12H2;1-5H. The van der Waals surface area contributed by atoms with Gasteiger partial charge >= 0.3 is 0 Å². The van der Waals surface area contributed by atoms with Crippen molar-refractivity contribution in [1.29, 1.82) is 0 Å². The van der Waals surface area contributed by atoms with Gasteiger partial charge in [0, 0.05) is 32.7 Å². The van der Waals surface area contributed by atoms with Gasteiger partial charge in [-0.15, -0.1) is 0 Å². The molecule has 0 aliphatic carbocycles. The van der Waals surface area contributed by atoms with Gasteiger partial charge in [-0.1, -0.05) is 275 Å². The third kappa shape index (κ3) is 13.0. The fourth-order valence-corrected chi connectivity index (χ4v) is 10.8. The van der Waals surface area contributed by atoms with E-state index in [0.717, 1.165) is 46.0 Å². The molecule has 11 aromatic carbocycles. The second kappa shape index (κ2) is 24.1. The molecule has 0 spiro atoms. The molecule has 1 heterocycles. The van der Waals surface area contributed by atoms with Gasteiger partial charge in [0.2, 0.25) is 0 Å². The molecule has 73 heavy (non-hydrogen) atoms. The van der Waals surface area contributed by atoms with E-state index in [-0.39, 0.29) is 5.41 Å². The number of anilines is 2. The molecule has 0 radical (unpaired) electrons. The van der Waals surface area contributed by atoms with Crippen LogP contribution in [-0.2, 0) is 24.7 Å². The number of nitrogens with two attached hydrogens (primary N) is 2. The summed E-state index contributed by atoms with van der Waals surface area (Å²) in [6.07, 6.45) is 2.83. The van der Waals surface area contributed by atoms with E-state index < -0.39 is 0 Å². The Morgan fingerprint density at radius 2 is 0.753 bits per heavy atom. The lowest BCUT2D eigenvalue weighted by atomic mass is 9.75. The number of benzene rings is 11. The molecule has 0 saturated heterocycles. The van der Waals surface area contributed by atoms with E-state index in [1.54, 1.807) is 0 Å². The van der Waals surface area contributed by atoms with Gasteiger partial charge in [0.05, 0.1) is 11.4 Å². The molecule has 0 aromatic heterocycles. The van der Waals surface area contributed by atoms with Crippen LogP contribution in [-0.4, -0.2) is 0 Å². The molecule has 11 aromatic rings. The Hall–Kier alpha value is -7.75. The summed E-state index contributed by atoms with van der Waals surface area (Å²) in [5.41, 5.74) is 23.2. The van der Waals surface area contributed by atoms with Crippen LogP contribution in [0.1, 0.15) is 58.4 Å². The molecule has 1 aliphatic heterocycles. The van der Waals surface area contributed by atoms with Crippen LogP contribution >= 0.6 is 24.5 Å². The Morgan fingerprint density at radius 1 is 0.384 bits per heavy atom. The van der Waals surface area contributed by atoms with Gasteiger partial charge in [-0.05, 0) is 97.3 Å². The predicted octanol–water partition coefficient (Wildman–Crippen LogP) is 16.8. The summed E-state index contributed by atoms with van der Waals surface area (Å²) in [6, 6.07) is 91.1. The Morgan fingerprint density at radius 3 is 1.19 bits per heavy atom. The predicted molar refractivity (Wildman–Crippen MR) is 318 cm³/mol. The van der Waals surface area contributed by atoms with Gasteiger partial charge in [0.1, 0.15) is 11.5 Å². The summed E-state index contributed by atoms with van der Waals surface area (Å²) < 4.78 is 7.86. The first kappa shape index (κ1) is 50.2. The summed E-state index contributed by atoms with van der Waals surface area (Å²) in [7, 11) is 0.574. The zero-order valence-electron chi connectivity index (χ0n) is 41.4.